The highest BCUT2D eigenvalue weighted by molar-refractivity contribution is 5.89. The van der Waals surface area contributed by atoms with Gasteiger partial charge in [-0.2, -0.15) is 0 Å². The van der Waals surface area contributed by atoms with Crippen molar-refractivity contribution < 1.29 is 24.9 Å². The summed E-state index contributed by atoms with van der Waals surface area (Å²) in [5, 5.41) is 35.8. The van der Waals surface area contributed by atoms with E-state index in [1.54, 1.807) is 24.3 Å². The zero-order valence-corrected chi connectivity index (χ0v) is 18.9. The maximum Gasteiger partial charge on any atom is 0.338 e. The number of carbonyl (C=O) groups excluding carboxylic acids is 1. The lowest BCUT2D eigenvalue weighted by molar-refractivity contribution is -0.288. The van der Waals surface area contributed by atoms with Crippen molar-refractivity contribution in [1.82, 2.24) is 4.90 Å². The summed E-state index contributed by atoms with van der Waals surface area (Å²) in [6.07, 6.45) is 0.747. The van der Waals surface area contributed by atoms with Crippen LogP contribution in [-0.2, 0) is 4.74 Å². The Hall–Kier alpha value is -1.73. The zero-order chi connectivity index (χ0) is 22.7. The largest absolute Gasteiger partial charge is 0.456 e. The fourth-order valence-corrected chi connectivity index (χ4v) is 11.3. The summed E-state index contributed by atoms with van der Waals surface area (Å²) in [6.45, 7) is 7.14. The first kappa shape index (κ1) is 19.6. The predicted molar refractivity (Wildman–Crippen MR) is 118 cm³/mol. The molecule has 0 aromatic heterocycles. The molecule has 3 aliphatic heterocycles. The Kier molecular flexibility index (Phi) is 3.20. The standard InChI is InChI=1S/C27H31NO5/c1-13-15-8-16-20-26-11-18(33-23(31)14-6-4-3-5-7-14)22(30)24(2)12-28(20)17(19(24)26)10-25(16,21(13)29)27(26,32)9-15/h3-7,15-22,29-30,32H,1,8-12H2,2H3/t15-,16+,17-,18+,19+,20+,21+,22-,24-,25-,26+,27-/m0/s1. The van der Waals surface area contributed by atoms with Gasteiger partial charge in [-0.25, -0.2) is 4.79 Å². The molecule has 1 aromatic carbocycles. The molecular formula is C27H31NO5. The summed E-state index contributed by atoms with van der Waals surface area (Å²) in [5.74, 6) is 0.0952. The van der Waals surface area contributed by atoms with Gasteiger partial charge in [0.2, 0.25) is 0 Å². The van der Waals surface area contributed by atoms with Crippen molar-refractivity contribution in [2.75, 3.05) is 6.54 Å². The van der Waals surface area contributed by atoms with Gasteiger partial charge in [0, 0.05) is 34.9 Å². The van der Waals surface area contributed by atoms with Gasteiger partial charge in [0.1, 0.15) is 6.10 Å². The molecule has 6 saturated carbocycles. The van der Waals surface area contributed by atoms with Crippen LogP contribution in [0.5, 0.6) is 0 Å². The Labute approximate surface area is 193 Å². The number of aliphatic hydroxyl groups excluding tert-OH is 2. The fraction of sp³-hybridized carbons (Fsp3) is 0.667. The van der Waals surface area contributed by atoms with E-state index in [0.717, 1.165) is 25.0 Å². The summed E-state index contributed by atoms with van der Waals surface area (Å²) in [6, 6.07) is 9.37. The second-order valence-corrected chi connectivity index (χ2v) is 12.5. The van der Waals surface area contributed by atoms with Gasteiger partial charge in [-0.1, -0.05) is 31.7 Å². The van der Waals surface area contributed by atoms with E-state index in [2.05, 4.69) is 18.4 Å². The number of benzene rings is 1. The molecule has 1 unspecified atom stereocenters. The van der Waals surface area contributed by atoms with E-state index < -0.39 is 46.1 Å². The molecule has 2 spiro atoms. The summed E-state index contributed by atoms with van der Waals surface area (Å²) >= 11 is 0. The molecule has 9 fully saturated rings. The van der Waals surface area contributed by atoms with Crippen LogP contribution in [0.15, 0.2) is 42.5 Å². The number of carbonyl (C=O) groups is 1. The molecule has 6 nitrogen and oxygen atoms in total. The van der Waals surface area contributed by atoms with Crippen LogP contribution in [0.3, 0.4) is 0 Å². The molecule has 0 amide bonds. The number of piperidine rings is 2. The van der Waals surface area contributed by atoms with E-state index in [1.807, 2.05) is 6.07 Å². The van der Waals surface area contributed by atoms with Crippen molar-refractivity contribution in [3.05, 3.63) is 48.0 Å². The Morgan fingerprint density at radius 1 is 1.15 bits per heavy atom. The summed E-state index contributed by atoms with van der Waals surface area (Å²) in [4.78, 5) is 15.6. The highest BCUT2D eigenvalue weighted by Crippen LogP contribution is 2.88. The van der Waals surface area contributed by atoms with Crippen LogP contribution in [0.1, 0.15) is 43.0 Å². The van der Waals surface area contributed by atoms with E-state index >= 15 is 0 Å². The quantitative estimate of drug-likeness (QED) is 0.471. The molecule has 9 aliphatic rings. The molecule has 10 rings (SSSR count). The molecular weight excluding hydrogens is 418 g/mol. The van der Waals surface area contributed by atoms with Crippen LogP contribution >= 0.6 is 0 Å². The monoisotopic (exact) mass is 449 g/mol. The lowest BCUT2D eigenvalue weighted by Crippen LogP contribution is -2.75. The first-order valence-electron chi connectivity index (χ1n) is 12.5. The molecule has 33 heavy (non-hydrogen) atoms. The average molecular weight is 450 g/mol. The predicted octanol–water partition coefficient (Wildman–Crippen LogP) is 1.74. The van der Waals surface area contributed by atoms with E-state index in [-0.39, 0.29) is 29.8 Å². The third-order valence-electron chi connectivity index (χ3n) is 11.9. The SMILES string of the molecule is C=C1[C@H]2C[C@@H]3[C@H]4N5C[C@@]6(C)[C@H]7[C@@H]5C[C@]3([C@@H]1O)[C@@](O)(C2)[C@]74C[C@@H](OC(=O)c1ccccc1)[C@@H]6O. The Balaban J connectivity index is 1.27. The smallest absolute Gasteiger partial charge is 0.338 e. The number of ether oxygens (including phenoxy) is 1. The maximum atomic E-state index is 13.0. The van der Waals surface area contributed by atoms with Crippen molar-refractivity contribution in [2.45, 2.75) is 68.6 Å². The van der Waals surface area contributed by atoms with Crippen molar-refractivity contribution in [1.29, 1.82) is 0 Å². The van der Waals surface area contributed by atoms with E-state index in [4.69, 9.17) is 4.74 Å². The number of hydrogen-bond donors (Lipinski definition) is 3. The fourth-order valence-electron chi connectivity index (χ4n) is 11.3. The Morgan fingerprint density at radius 2 is 1.91 bits per heavy atom. The van der Waals surface area contributed by atoms with Gasteiger partial charge in [-0.15, -0.1) is 0 Å². The van der Waals surface area contributed by atoms with Crippen LogP contribution in [0.25, 0.3) is 0 Å². The molecule has 13 atom stereocenters. The molecule has 3 saturated heterocycles. The minimum absolute atomic E-state index is 0.137. The number of esters is 1. The Morgan fingerprint density at radius 3 is 2.67 bits per heavy atom. The van der Waals surface area contributed by atoms with Crippen LogP contribution in [0.2, 0.25) is 0 Å². The van der Waals surface area contributed by atoms with Gasteiger partial charge in [0.25, 0.3) is 0 Å². The maximum absolute atomic E-state index is 13.0. The van der Waals surface area contributed by atoms with Crippen molar-refractivity contribution >= 4 is 5.97 Å². The number of rotatable bonds is 2. The minimum Gasteiger partial charge on any atom is -0.456 e. The normalized spacial score (nSPS) is 60.5. The van der Waals surface area contributed by atoms with Crippen molar-refractivity contribution in [3.8, 4) is 0 Å². The minimum atomic E-state index is -1.02. The van der Waals surface area contributed by atoms with Gasteiger partial charge in [-0.05, 0) is 61.1 Å². The second-order valence-electron chi connectivity index (χ2n) is 12.5. The van der Waals surface area contributed by atoms with Crippen LogP contribution in [-0.4, -0.2) is 68.7 Å². The van der Waals surface area contributed by atoms with Crippen LogP contribution < -0.4 is 0 Å². The number of fused-ring (bicyclic) bond motifs is 1. The highest BCUT2D eigenvalue weighted by Gasteiger charge is 2.94. The molecule has 6 aliphatic carbocycles. The lowest BCUT2D eigenvalue weighted by Gasteiger charge is -2.69. The number of hydrogen-bond acceptors (Lipinski definition) is 6. The van der Waals surface area contributed by atoms with E-state index in [9.17, 15) is 20.1 Å². The first-order valence-corrected chi connectivity index (χ1v) is 12.5. The molecule has 3 N–H and O–H groups in total. The third kappa shape index (κ3) is 1.67. The van der Waals surface area contributed by atoms with Gasteiger partial charge >= 0.3 is 5.97 Å². The molecule has 174 valence electrons. The van der Waals surface area contributed by atoms with Crippen LogP contribution in [0, 0.1) is 34.0 Å². The number of nitrogens with zero attached hydrogens (tertiary/aromatic N) is 1. The van der Waals surface area contributed by atoms with Crippen LogP contribution in [0.4, 0.5) is 0 Å². The van der Waals surface area contributed by atoms with E-state index in [0.29, 0.717) is 18.4 Å². The third-order valence-corrected chi connectivity index (χ3v) is 11.9. The summed E-state index contributed by atoms with van der Waals surface area (Å²) in [5.41, 5.74) is -1.11. The summed E-state index contributed by atoms with van der Waals surface area (Å²) in [7, 11) is 0. The zero-order valence-electron chi connectivity index (χ0n) is 18.9. The molecule has 9 bridgehead atoms. The first-order chi connectivity index (χ1) is 15.7. The van der Waals surface area contributed by atoms with Crippen molar-refractivity contribution in [3.63, 3.8) is 0 Å². The second kappa shape index (κ2) is 5.40. The highest BCUT2D eigenvalue weighted by atomic mass is 16.6. The van der Waals surface area contributed by atoms with Gasteiger partial charge in [0.05, 0.1) is 23.4 Å². The van der Waals surface area contributed by atoms with E-state index in [1.165, 1.54) is 0 Å². The molecule has 1 aromatic rings. The summed E-state index contributed by atoms with van der Waals surface area (Å²) < 4.78 is 6.03. The molecule has 6 heteroatoms. The average Bonchev–Trinajstić information content (AvgIpc) is 3.21. The van der Waals surface area contributed by atoms with Gasteiger partial charge < -0.3 is 20.1 Å². The Bertz CT molecular complexity index is 1120. The number of aliphatic hydroxyl groups is 3. The lowest BCUT2D eigenvalue weighted by atomic mass is 9.37. The molecule has 0 radical (unpaired) electrons. The molecule has 3 heterocycles. The topological polar surface area (TPSA) is 90.2 Å². The van der Waals surface area contributed by atoms with Gasteiger partial charge in [-0.3, -0.25) is 4.90 Å². The van der Waals surface area contributed by atoms with Crippen molar-refractivity contribution in [2.24, 2.45) is 34.0 Å². The van der Waals surface area contributed by atoms with Gasteiger partial charge in [0.15, 0.2) is 0 Å².